The molecule has 0 aliphatic heterocycles. The molecule has 19 heavy (non-hydrogen) atoms. The van der Waals surface area contributed by atoms with Gasteiger partial charge in [-0.25, -0.2) is 4.98 Å². The molecule has 0 atom stereocenters. The molecule has 0 saturated carbocycles. The summed E-state index contributed by atoms with van der Waals surface area (Å²) in [4.78, 5) is 5.58. The third kappa shape index (κ3) is 2.54. The standard InChI is InChI=1S/C15H16N2OS/c1-18-14-8-7-13(16)15(17-14)19-12-6-5-10-3-2-4-11(10)9-12/h5-9H,2-4,16H2,1H3. The minimum atomic E-state index is 0.595. The van der Waals surface area contributed by atoms with Crippen LogP contribution in [0.25, 0.3) is 0 Å². The van der Waals surface area contributed by atoms with Crippen molar-refractivity contribution in [1.82, 2.24) is 4.98 Å². The third-order valence-electron chi connectivity index (χ3n) is 3.36. The summed E-state index contributed by atoms with van der Waals surface area (Å²) in [5.74, 6) is 0.595. The summed E-state index contributed by atoms with van der Waals surface area (Å²) >= 11 is 1.59. The largest absolute Gasteiger partial charge is 0.481 e. The monoisotopic (exact) mass is 272 g/mol. The maximum absolute atomic E-state index is 5.97. The average Bonchev–Trinajstić information content (AvgIpc) is 2.89. The molecule has 3 rings (SSSR count). The highest BCUT2D eigenvalue weighted by Gasteiger charge is 2.12. The van der Waals surface area contributed by atoms with Crippen LogP contribution in [0.5, 0.6) is 5.88 Å². The van der Waals surface area contributed by atoms with Gasteiger partial charge in [-0.15, -0.1) is 0 Å². The number of aryl methyl sites for hydroxylation is 2. The first-order valence-corrected chi connectivity index (χ1v) is 7.18. The first kappa shape index (κ1) is 12.4. The number of anilines is 1. The highest BCUT2D eigenvalue weighted by Crippen LogP contribution is 2.34. The Bertz CT molecular complexity index is 613. The molecule has 0 bridgehead atoms. The second-order valence-corrected chi connectivity index (χ2v) is 5.70. The lowest BCUT2D eigenvalue weighted by Crippen LogP contribution is -1.95. The highest BCUT2D eigenvalue weighted by molar-refractivity contribution is 7.99. The zero-order chi connectivity index (χ0) is 13.2. The van der Waals surface area contributed by atoms with Gasteiger partial charge in [0.05, 0.1) is 12.8 Å². The van der Waals surface area contributed by atoms with Gasteiger partial charge in [0, 0.05) is 11.0 Å². The summed E-state index contributed by atoms with van der Waals surface area (Å²) in [6.07, 6.45) is 3.66. The third-order valence-corrected chi connectivity index (χ3v) is 4.37. The van der Waals surface area contributed by atoms with Gasteiger partial charge in [0.15, 0.2) is 0 Å². The summed E-state index contributed by atoms with van der Waals surface area (Å²) in [5.41, 5.74) is 9.60. The summed E-state index contributed by atoms with van der Waals surface area (Å²) in [7, 11) is 1.61. The van der Waals surface area contributed by atoms with Crippen molar-refractivity contribution in [3.05, 3.63) is 41.5 Å². The van der Waals surface area contributed by atoms with Gasteiger partial charge < -0.3 is 10.5 Å². The van der Waals surface area contributed by atoms with E-state index < -0.39 is 0 Å². The number of methoxy groups -OCH3 is 1. The minimum absolute atomic E-state index is 0.595. The van der Waals surface area contributed by atoms with Gasteiger partial charge in [0.25, 0.3) is 0 Å². The number of hydrogen-bond acceptors (Lipinski definition) is 4. The second kappa shape index (κ2) is 5.13. The van der Waals surface area contributed by atoms with Crippen LogP contribution in [0.15, 0.2) is 40.3 Å². The molecule has 0 saturated heterocycles. The van der Waals surface area contributed by atoms with Crippen LogP contribution in [0.3, 0.4) is 0 Å². The van der Waals surface area contributed by atoms with Gasteiger partial charge in [-0.3, -0.25) is 0 Å². The van der Waals surface area contributed by atoms with E-state index in [2.05, 4.69) is 23.2 Å². The second-order valence-electron chi connectivity index (χ2n) is 4.63. The zero-order valence-corrected chi connectivity index (χ0v) is 11.7. The van der Waals surface area contributed by atoms with Crippen LogP contribution >= 0.6 is 11.8 Å². The SMILES string of the molecule is COc1ccc(N)c(Sc2ccc3c(c2)CCC3)n1. The maximum Gasteiger partial charge on any atom is 0.214 e. The van der Waals surface area contributed by atoms with Crippen molar-refractivity contribution in [2.45, 2.75) is 29.2 Å². The van der Waals surface area contributed by atoms with E-state index in [9.17, 15) is 0 Å². The van der Waals surface area contributed by atoms with Gasteiger partial charge in [0.2, 0.25) is 5.88 Å². The van der Waals surface area contributed by atoms with Gasteiger partial charge >= 0.3 is 0 Å². The summed E-state index contributed by atoms with van der Waals surface area (Å²) in [6, 6.07) is 10.2. The molecule has 0 amide bonds. The molecule has 98 valence electrons. The van der Waals surface area contributed by atoms with E-state index in [4.69, 9.17) is 10.5 Å². The number of nitrogens with zero attached hydrogens (tertiary/aromatic N) is 1. The van der Waals surface area contributed by atoms with Crippen LogP contribution < -0.4 is 10.5 Å². The number of benzene rings is 1. The van der Waals surface area contributed by atoms with Crippen molar-refractivity contribution >= 4 is 17.4 Å². The van der Waals surface area contributed by atoms with Crippen LogP contribution in [0, 0.1) is 0 Å². The predicted octanol–water partition coefficient (Wildman–Crippen LogP) is 3.31. The Morgan fingerprint density at radius 3 is 2.84 bits per heavy atom. The predicted molar refractivity (Wildman–Crippen MR) is 77.8 cm³/mol. The molecule has 0 fully saturated rings. The lowest BCUT2D eigenvalue weighted by atomic mass is 10.1. The molecular formula is C15H16N2OS. The van der Waals surface area contributed by atoms with Crippen molar-refractivity contribution in [2.24, 2.45) is 0 Å². The fraction of sp³-hybridized carbons (Fsp3) is 0.267. The van der Waals surface area contributed by atoms with E-state index in [1.807, 2.05) is 6.07 Å². The molecule has 1 aromatic carbocycles. The maximum atomic E-state index is 5.97. The molecule has 2 N–H and O–H groups in total. The Hall–Kier alpha value is -1.68. The van der Waals surface area contributed by atoms with Crippen LogP contribution in [0.2, 0.25) is 0 Å². The van der Waals surface area contributed by atoms with E-state index in [-0.39, 0.29) is 0 Å². The summed E-state index contributed by atoms with van der Waals surface area (Å²) < 4.78 is 5.14. The number of rotatable bonds is 3. The number of pyridine rings is 1. The molecule has 0 unspecified atom stereocenters. The van der Waals surface area contributed by atoms with Gasteiger partial charge in [0.1, 0.15) is 5.03 Å². The van der Waals surface area contributed by atoms with Crippen LogP contribution in [0.4, 0.5) is 5.69 Å². The lowest BCUT2D eigenvalue weighted by molar-refractivity contribution is 0.395. The number of ether oxygens (including phenoxy) is 1. The fourth-order valence-corrected chi connectivity index (χ4v) is 3.24. The highest BCUT2D eigenvalue weighted by atomic mass is 32.2. The van der Waals surface area contributed by atoms with Crippen LogP contribution in [0.1, 0.15) is 17.5 Å². The first-order valence-electron chi connectivity index (χ1n) is 6.36. The van der Waals surface area contributed by atoms with Gasteiger partial charge in [-0.2, -0.15) is 0 Å². The quantitative estimate of drug-likeness (QED) is 0.931. The normalized spacial score (nSPS) is 13.3. The van der Waals surface area contributed by atoms with Crippen molar-refractivity contribution in [1.29, 1.82) is 0 Å². The molecule has 1 heterocycles. The molecule has 3 nitrogen and oxygen atoms in total. The molecule has 0 radical (unpaired) electrons. The zero-order valence-electron chi connectivity index (χ0n) is 10.8. The van der Waals surface area contributed by atoms with E-state index in [0.717, 1.165) is 5.03 Å². The van der Waals surface area contributed by atoms with Crippen LogP contribution in [-0.4, -0.2) is 12.1 Å². The molecular weight excluding hydrogens is 256 g/mol. The topological polar surface area (TPSA) is 48.1 Å². The lowest BCUT2D eigenvalue weighted by Gasteiger charge is -2.08. The van der Waals surface area contributed by atoms with E-state index in [1.165, 1.54) is 35.3 Å². The summed E-state index contributed by atoms with van der Waals surface area (Å²) in [6.45, 7) is 0. The van der Waals surface area contributed by atoms with E-state index in [0.29, 0.717) is 11.6 Å². The van der Waals surface area contributed by atoms with E-state index in [1.54, 1.807) is 24.9 Å². The summed E-state index contributed by atoms with van der Waals surface area (Å²) in [5, 5.41) is 0.803. The Balaban J connectivity index is 1.88. The number of fused-ring (bicyclic) bond motifs is 1. The number of nitrogen functional groups attached to an aromatic ring is 1. The number of hydrogen-bond donors (Lipinski definition) is 1. The minimum Gasteiger partial charge on any atom is -0.481 e. The Kier molecular flexibility index (Phi) is 3.34. The Morgan fingerprint density at radius 1 is 1.16 bits per heavy atom. The fourth-order valence-electron chi connectivity index (χ4n) is 2.35. The van der Waals surface area contributed by atoms with Crippen LogP contribution in [-0.2, 0) is 12.8 Å². The van der Waals surface area contributed by atoms with Gasteiger partial charge in [-0.1, -0.05) is 17.8 Å². The molecule has 1 aliphatic carbocycles. The van der Waals surface area contributed by atoms with Crippen molar-refractivity contribution in [3.8, 4) is 5.88 Å². The molecule has 4 heteroatoms. The molecule has 1 aromatic heterocycles. The molecule has 0 spiro atoms. The molecule has 1 aliphatic rings. The average molecular weight is 272 g/mol. The van der Waals surface area contributed by atoms with E-state index >= 15 is 0 Å². The van der Waals surface area contributed by atoms with Crippen molar-refractivity contribution in [2.75, 3.05) is 12.8 Å². The Morgan fingerprint density at radius 2 is 2.00 bits per heavy atom. The number of aromatic nitrogens is 1. The van der Waals surface area contributed by atoms with Crippen molar-refractivity contribution in [3.63, 3.8) is 0 Å². The number of nitrogens with two attached hydrogens (primary N) is 1. The Labute approximate surface area is 117 Å². The smallest absolute Gasteiger partial charge is 0.214 e. The van der Waals surface area contributed by atoms with Crippen molar-refractivity contribution < 1.29 is 4.74 Å². The first-order chi connectivity index (χ1) is 9.26. The molecule has 2 aromatic rings. The van der Waals surface area contributed by atoms with Gasteiger partial charge in [-0.05, 0) is 48.6 Å².